The summed E-state index contributed by atoms with van der Waals surface area (Å²) < 4.78 is 0. The van der Waals surface area contributed by atoms with Crippen molar-refractivity contribution in [2.24, 2.45) is 0 Å². The van der Waals surface area contributed by atoms with Crippen LogP contribution in [0.1, 0.15) is 6.92 Å². The van der Waals surface area contributed by atoms with Crippen LogP contribution in [0.4, 0.5) is 17.3 Å². The van der Waals surface area contributed by atoms with Crippen LogP contribution in [0.2, 0.25) is 0 Å². The zero-order chi connectivity index (χ0) is 12.3. The van der Waals surface area contributed by atoms with Gasteiger partial charge in [0, 0.05) is 25.3 Å². The summed E-state index contributed by atoms with van der Waals surface area (Å²) in [5.41, 5.74) is 1.59. The summed E-state index contributed by atoms with van der Waals surface area (Å²) >= 11 is 0. The van der Waals surface area contributed by atoms with Gasteiger partial charge in [0.1, 0.15) is 0 Å². The number of nitrogens with zero attached hydrogens (tertiary/aromatic N) is 4. The number of carbonyl (C=O) groups excluding carboxylic acids is 1. The Morgan fingerprint density at radius 1 is 1.47 bits per heavy atom. The summed E-state index contributed by atoms with van der Waals surface area (Å²) in [5, 5.41) is 16.3. The van der Waals surface area contributed by atoms with Gasteiger partial charge >= 0.3 is 0 Å². The van der Waals surface area contributed by atoms with E-state index in [1.165, 1.54) is 6.92 Å². The van der Waals surface area contributed by atoms with E-state index in [0.29, 0.717) is 5.95 Å². The predicted octanol–water partition coefficient (Wildman–Crippen LogP) is 0.926. The number of anilines is 3. The van der Waals surface area contributed by atoms with Crippen molar-refractivity contribution in [2.45, 2.75) is 6.92 Å². The molecule has 0 bridgehead atoms. The lowest BCUT2D eigenvalue weighted by Gasteiger charge is -2.15. The first-order chi connectivity index (χ1) is 8.16. The molecule has 0 spiro atoms. The first-order valence-corrected chi connectivity index (χ1v) is 5.01. The first kappa shape index (κ1) is 11.1. The topological polar surface area (TPSA) is 86.8 Å². The number of nitrogens with one attached hydrogen (secondary N) is 2. The number of hydrogen-bond donors (Lipinski definition) is 2. The molecular formula is C10H12N6O. The van der Waals surface area contributed by atoms with Crippen LogP contribution in [0.5, 0.6) is 0 Å². The summed E-state index contributed by atoms with van der Waals surface area (Å²) in [6.45, 7) is 1.47. The van der Waals surface area contributed by atoms with E-state index >= 15 is 0 Å². The summed E-state index contributed by atoms with van der Waals surface area (Å²) in [6.07, 6.45) is 0. The summed E-state index contributed by atoms with van der Waals surface area (Å²) in [7, 11) is 1.82. The van der Waals surface area contributed by atoms with E-state index in [2.05, 4.69) is 25.9 Å². The average Bonchev–Trinajstić information content (AvgIpc) is 2.81. The van der Waals surface area contributed by atoms with Crippen LogP contribution in [-0.4, -0.2) is 33.6 Å². The smallest absolute Gasteiger partial charge is 0.269 e. The van der Waals surface area contributed by atoms with Crippen LogP contribution >= 0.6 is 0 Å². The van der Waals surface area contributed by atoms with E-state index in [1.54, 1.807) is 4.90 Å². The Morgan fingerprint density at radius 3 is 2.94 bits per heavy atom. The molecule has 0 saturated heterocycles. The Labute approximate surface area is 97.8 Å². The fourth-order valence-corrected chi connectivity index (χ4v) is 1.41. The van der Waals surface area contributed by atoms with Gasteiger partial charge in [-0.25, -0.2) is 0 Å². The molecule has 7 heteroatoms. The van der Waals surface area contributed by atoms with Gasteiger partial charge < -0.3 is 10.2 Å². The number of carbonyl (C=O) groups is 1. The van der Waals surface area contributed by atoms with Crippen molar-refractivity contribution in [3.8, 4) is 0 Å². The van der Waals surface area contributed by atoms with Gasteiger partial charge in [0.2, 0.25) is 5.91 Å². The third-order valence-electron chi connectivity index (χ3n) is 2.19. The van der Waals surface area contributed by atoms with Crippen molar-refractivity contribution >= 4 is 23.2 Å². The van der Waals surface area contributed by atoms with E-state index in [-0.39, 0.29) is 5.91 Å². The molecular weight excluding hydrogens is 220 g/mol. The summed E-state index contributed by atoms with van der Waals surface area (Å²) in [5.74, 6) is 0.356. The lowest BCUT2D eigenvalue weighted by atomic mass is 10.2. The molecule has 0 saturated carbocycles. The minimum absolute atomic E-state index is 0.107. The second-order valence-electron chi connectivity index (χ2n) is 3.50. The highest BCUT2D eigenvalue weighted by atomic mass is 16.1. The second kappa shape index (κ2) is 4.60. The van der Waals surface area contributed by atoms with E-state index in [4.69, 9.17) is 0 Å². The Kier molecular flexibility index (Phi) is 2.99. The Balaban J connectivity index is 2.24. The monoisotopic (exact) mass is 232 g/mol. The molecule has 7 nitrogen and oxygen atoms in total. The molecule has 2 aromatic rings. The maximum atomic E-state index is 11.0. The van der Waals surface area contributed by atoms with Crippen LogP contribution in [-0.2, 0) is 4.79 Å². The molecule has 0 atom stereocenters. The van der Waals surface area contributed by atoms with E-state index in [1.807, 2.05) is 31.3 Å². The minimum Gasteiger partial charge on any atom is -0.326 e. The molecule has 0 aliphatic heterocycles. The van der Waals surface area contributed by atoms with Gasteiger partial charge in [-0.2, -0.15) is 5.21 Å². The molecule has 0 aliphatic carbocycles. The van der Waals surface area contributed by atoms with Gasteiger partial charge in [0.15, 0.2) is 0 Å². The average molecular weight is 232 g/mol. The van der Waals surface area contributed by atoms with Crippen molar-refractivity contribution in [2.75, 3.05) is 17.3 Å². The van der Waals surface area contributed by atoms with Gasteiger partial charge in [-0.05, 0) is 23.4 Å². The Hall–Kier alpha value is -2.44. The number of tetrazole rings is 1. The van der Waals surface area contributed by atoms with E-state index in [9.17, 15) is 4.79 Å². The fourth-order valence-electron chi connectivity index (χ4n) is 1.41. The molecule has 1 heterocycles. The predicted molar refractivity (Wildman–Crippen MR) is 63.0 cm³/mol. The Morgan fingerprint density at radius 2 is 2.29 bits per heavy atom. The summed E-state index contributed by atoms with van der Waals surface area (Å²) in [4.78, 5) is 12.7. The van der Waals surface area contributed by atoms with E-state index in [0.717, 1.165) is 11.4 Å². The molecule has 2 N–H and O–H groups in total. The highest BCUT2D eigenvalue weighted by Gasteiger charge is 2.08. The van der Waals surface area contributed by atoms with Gasteiger partial charge in [0.05, 0.1) is 0 Å². The molecule has 0 fully saturated rings. The van der Waals surface area contributed by atoms with Crippen molar-refractivity contribution in [3.63, 3.8) is 0 Å². The van der Waals surface area contributed by atoms with Crippen LogP contribution in [0.15, 0.2) is 24.3 Å². The number of H-pyrrole nitrogens is 1. The van der Waals surface area contributed by atoms with Crippen molar-refractivity contribution in [1.29, 1.82) is 0 Å². The second-order valence-corrected chi connectivity index (χ2v) is 3.50. The fraction of sp³-hybridized carbons (Fsp3) is 0.200. The molecule has 1 aromatic carbocycles. The van der Waals surface area contributed by atoms with Crippen LogP contribution in [0, 0.1) is 0 Å². The van der Waals surface area contributed by atoms with E-state index < -0.39 is 0 Å². The van der Waals surface area contributed by atoms with Gasteiger partial charge in [-0.15, -0.1) is 5.10 Å². The largest absolute Gasteiger partial charge is 0.326 e. The number of rotatable bonds is 3. The number of hydrogen-bond acceptors (Lipinski definition) is 5. The molecule has 1 aromatic heterocycles. The quantitative estimate of drug-likeness (QED) is 0.821. The molecule has 88 valence electrons. The van der Waals surface area contributed by atoms with Crippen LogP contribution in [0.3, 0.4) is 0 Å². The molecule has 0 unspecified atom stereocenters. The van der Waals surface area contributed by atoms with Crippen molar-refractivity contribution in [1.82, 2.24) is 20.6 Å². The number of aromatic nitrogens is 4. The molecule has 2 rings (SSSR count). The SMILES string of the molecule is CC(=O)Nc1cccc(N(C)c2nn[nH]n2)c1. The Bertz CT molecular complexity index is 509. The molecule has 1 amide bonds. The third kappa shape index (κ3) is 2.57. The zero-order valence-electron chi connectivity index (χ0n) is 9.51. The lowest BCUT2D eigenvalue weighted by molar-refractivity contribution is -0.114. The number of benzene rings is 1. The minimum atomic E-state index is -0.107. The zero-order valence-corrected chi connectivity index (χ0v) is 9.51. The highest BCUT2D eigenvalue weighted by molar-refractivity contribution is 5.89. The van der Waals surface area contributed by atoms with Gasteiger partial charge in [-0.3, -0.25) is 4.79 Å². The number of amides is 1. The lowest BCUT2D eigenvalue weighted by Crippen LogP contribution is -2.12. The van der Waals surface area contributed by atoms with Crippen LogP contribution < -0.4 is 10.2 Å². The summed E-state index contributed by atoms with van der Waals surface area (Å²) in [6, 6.07) is 7.38. The first-order valence-electron chi connectivity index (χ1n) is 5.01. The van der Waals surface area contributed by atoms with Crippen LogP contribution in [0.25, 0.3) is 0 Å². The maximum Gasteiger partial charge on any atom is 0.269 e. The molecule has 17 heavy (non-hydrogen) atoms. The third-order valence-corrected chi connectivity index (χ3v) is 2.19. The highest BCUT2D eigenvalue weighted by Crippen LogP contribution is 2.22. The van der Waals surface area contributed by atoms with Gasteiger partial charge in [0.25, 0.3) is 5.95 Å². The molecule has 0 aliphatic rings. The number of aromatic amines is 1. The molecule has 0 radical (unpaired) electrons. The van der Waals surface area contributed by atoms with Gasteiger partial charge in [-0.1, -0.05) is 11.2 Å². The standard InChI is InChI=1S/C10H12N6O/c1-7(17)11-8-4-3-5-9(6-8)16(2)10-12-14-15-13-10/h3-6H,1-2H3,(H,11,17)(H,12,13,14,15). The maximum absolute atomic E-state index is 11.0. The van der Waals surface area contributed by atoms with Crippen molar-refractivity contribution < 1.29 is 4.79 Å². The van der Waals surface area contributed by atoms with Crippen molar-refractivity contribution in [3.05, 3.63) is 24.3 Å². The normalized spacial score (nSPS) is 10.0.